The van der Waals surface area contributed by atoms with Gasteiger partial charge in [-0.2, -0.15) is 0 Å². The number of hydrogen-bond donors (Lipinski definition) is 2. The lowest BCUT2D eigenvalue weighted by atomic mass is 9.90. The Balaban J connectivity index is 1.70. The Morgan fingerprint density at radius 2 is 1.72 bits per heavy atom. The molecule has 1 fully saturated rings. The van der Waals surface area contributed by atoms with Crippen LogP contribution in [0.25, 0.3) is 0 Å². The number of hydrogen-bond acceptors (Lipinski definition) is 5. The molecule has 0 atom stereocenters. The predicted molar refractivity (Wildman–Crippen MR) is 113 cm³/mol. The zero-order valence-corrected chi connectivity index (χ0v) is 18.1. The van der Waals surface area contributed by atoms with Gasteiger partial charge in [-0.05, 0) is 68.3 Å². The molecule has 7 nitrogen and oxygen atoms in total. The number of nitrogens with one attached hydrogen (secondary N) is 2. The minimum Gasteiger partial charge on any atom is -0.497 e. The number of rotatable bonds is 9. The van der Waals surface area contributed by atoms with Crippen LogP contribution in [0.1, 0.15) is 38.7 Å². The highest BCUT2D eigenvalue weighted by Gasteiger charge is 2.21. The molecule has 0 bridgehead atoms. The van der Waals surface area contributed by atoms with Gasteiger partial charge in [0.15, 0.2) is 0 Å². The zero-order valence-electron chi connectivity index (χ0n) is 18.1. The summed E-state index contributed by atoms with van der Waals surface area (Å²) in [5, 5.41) is 5.11. The van der Waals surface area contributed by atoms with Crippen molar-refractivity contribution in [2.45, 2.75) is 39.5 Å². The molecule has 3 amide bonds. The Labute approximate surface area is 174 Å². The molecule has 0 aromatic heterocycles. The first-order valence-corrected chi connectivity index (χ1v) is 10.4. The highest BCUT2D eigenvalue weighted by atomic mass is 16.5. The van der Waals surface area contributed by atoms with Crippen molar-refractivity contribution in [1.29, 1.82) is 0 Å². The van der Waals surface area contributed by atoms with Crippen molar-refractivity contribution < 1.29 is 19.1 Å². The van der Waals surface area contributed by atoms with Crippen LogP contribution >= 0.6 is 0 Å². The molecule has 29 heavy (non-hydrogen) atoms. The fourth-order valence-electron chi connectivity index (χ4n) is 3.52. The molecule has 7 heteroatoms. The van der Waals surface area contributed by atoms with Gasteiger partial charge in [0.05, 0.1) is 20.8 Å². The van der Waals surface area contributed by atoms with Crippen LogP contribution in [0.4, 0.5) is 4.79 Å². The maximum absolute atomic E-state index is 12.0. The molecule has 1 aromatic rings. The van der Waals surface area contributed by atoms with E-state index in [1.165, 1.54) is 5.56 Å². The summed E-state index contributed by atoms with van der Waals surface area (Å²) in [5.74, 6) is 2.39. The third kappa shape index (κ3) is 8.31. The van der Waals surface area contributed by atoms with E-state index in [1.807, 2.05) is 19.9 Å². The summed E-state index contributed by atoms with van der Waals surface area (Å²) >= 11 is 0. The lowest BCUT2D eigenvalue weighted by molar-refractivity contribution is -0.121. The number of carbonyl (C=O) groups excluding carboxylic acids is 2. The standard InChI is InChI=1S/C22H35N3O4/c1-16(2)14-23-22(27)24-21(26)15-25-9-7-17(8-10-25)5-6-18-11-19(28-3)13-20(12-18)29-4/h11-13,16-17H,5-10,14-15H2,1-4H3,(H2,23,24,26,27). The first-order valence-electron chi connectivity index (χ1n) is 10.4. The van der Waals surface area contributed by atoms with Gasteiger partial charge in [0.1, 0.15) is 11.5 Å². The van der Waals surface area contributed by atoms with Crippen LogP contribution in [-0.2, 0) is 11.2 Å². The Hall–Kier alpha value is -2.28. The molecule has 0 radical (unpaired) electrons. The van der Waals surface area contributed by atoms with Crippen LogP contribution in [0.2, 0.25) is 0 Å². The third-order valence-corrected chi connectivity index (χ3v) is 5.25. The number of aryl methyl sites for hydroxylation is 1. The molecule has 1 aliphatic rings. The first kappa shape index (κ1) is 23.0. The van der Waals surface area contributed by atoms with E-state index in [-0.39, 0.29) is 12.5 Å². The van der Waals surface area contributed by atoms with Gasteiger partial charge in [-0.3, -0.25) is 15.0 Å². The molecule has 1 aromatic carbocycles. The monoisotopic (exact) mass is 405 g/mol. The van der Waals surface area contributed by atoms with E-state index in [9.17, 15) is 9.59 Å². The van der Waals surface area contributed by atoms with Gasteiger partial charge in [-0.25, -0.2) is 4.79 Å². The second-order valence-corrected chi connectivity index (χ2v) is 8.13. The van der Waals surface area contributed by atoms with E-state index in [0.29, 0.717) is 18.4 Å². The topological polar surface area (TPSA) is 79.9 Å². The van der Waals surface area contributed by atoms with Crippen LogP contribution in [0.15, 0.2) is 18.2 Å². The zero-order chi connectivity index (χ0) is 21.2. The lowest BCUT2D eigenvalue weighted by Gasteiger charge is -2.31. The van der Waals surface area contributed by atoms with Crippen molar-refractivity contribution in [2.75, 3.05) is 40.4 Å². The lowest BCUT2D eigenvalue weighted by Crippen LogP contribution is -2.46. The molecule has 1 heterocycles. The summed E-state index contributed by atoms with van der Waals surface area (Å²) in [5.41, 5.74) is 1.22. The number of urea groups is 1. The van der Waals surface area contributed by atoms with Crippen LogP contribution in [0.3, 0.4) is 0 Å². The second-order valence-electron chi connectivity index (χ2n) is 8.13. The normalized spacial score (nSPS) is 15.2. The number of imide groups is 1. The maximum atomic E-state index is 12.0. The van der Waals surface area contributed by atoms with Crippen molar-refractivity contribution in [3.8, 4) is 11.5 Å². The average Bonchev–Trinajstić information content (AvgIpc) is 2.71. The molecule has 2 rings (SSSR count). The van der Waals surface area contributed by atoms with Gasteiger partial charge in [-0.15, -0.1) is 0 Å². The number of piperidine rings is 1. The van der Waals surface area contributed by atoms with Crippen molar-refractivity contribution >= 4 is 11.9 Å². The number of carbonyl (C=O) groups is 2. The van der Waals surface area contributed by atoms with Crippen molar-refractivity contribution in [3.63, 3.8) is 0 Å². The SMILES string of the molecule is COc1cc(CCC2CCN(CC(=O)NC(=O)NCC(C)C)CC2)cc(OC)c1. The van der Waals surface area contributed by atoms with E-state index >= 15 is 0 Å². The number of methoxy groups -OCH3 is 2. The average molecular weight is 406 g/mol. The van der Waals surface area contributed by atoms with Crippen molar-refractivity contribution in [2.24, 2.45) is 11.8 Å². The minimum atomic E-state index is -0.410. The van der Waals surface area contributed by atoms with Crippen LogP contribution < -0.4 is 20.1 Å². The van der Waals surface area contributed by atoms with Crippen molar-refractivity contribution in [1.82, 2.24) is 15.5 Å². The van der Waals surface area contributed by atoms with E-state index in [2.05, 4.69) is 27.7 Å². The molecule has 2 N–H and O–H groups in total. The second kappa shape index (κ2) is 11.7. The van der Waals surface area contributed by atoms with Crippen LogP contribution in [-0.4, -0.2) is 57.2 Å². The smallest absolute Gasteiger partial charge is 0.321 e. The molecule has 0 saturated carbocycles. The molecule has 162 valence electrons. The third-order valence-electron chi connectivity index (χ3n) is 5.25. The summed E-state index contributed by atoms with van der Waals surface area (Å²) in [7, 11) is 3.33. The fraction of sp³-hybridized carbons (Fsp3) is 0.636. The number of ether oxygens (including phenoxy) is 2. The largest absolute Gasteiger partial charge is 0.497 e. The molecule has 1 saturated heterocycles. The predicted octanol–water partition coefficient (Wildman–Crippen LogP) is 2.83. The Kier molecular flexibility index (Phi) is 9.25. The highest BCUT2D eigenvalue weighted by Crippen LogP contribution is 2.26. The summed E-state index contributed by atoms with van der Waals surface area (Å²) in [6.07, 6.45) is 4.21. The van der Waals surface area contributed by atoms with E-state index in [0.717, 1.165) is 50.3 Å². The van der Waals surface area contributed by atoms with Gasteiger partial charge in [0.2, 0.25) is 5.91 Å². The van der Waals surface area contributed by atoms with E-state index < -0.39 is 6.03 Å². The summed E-state index contributed by atoms with van der Waals surface area (Å²) in [4.78, 5) is 25.8. The molecular weight excluding hydrogens is 370 g/mol. The molecular formula is C22H35N3O4. The summed E-state index contributed by atoms with van der Waals surface area (Å²) in [6, 6.07) is 5.60. The summed E-state index contributed by atoms with van der Waals surface area (Å²) in [6.45, 7) is 6.62. The van der Waals surface area contributed by atoms with E-state index in [1.54, 1.807) is 14.2 Å². The van der Waals surface area contributed by atoms with Gasteiger partial charge < -0.3 is 14.8 Å². The van der Waals surface area contributed by atoms with Crippen molar-refractivity contribution in [3.05, 3.63) is 23.8 Å². The Bertz CT molecular complexity index is 648. The maximum Gasteiger partial charge on any atom is 0.321 e. The van der Waals surface area contributed by atoms with Crippen LogP contribution in [0.5, 0.6) is 11.5 Å². The van der Waals surface area contributed by atoms with Gasteiger partial charge in [-0.1, -0.05) is 13.8 Å². The number of likely N-dealkylation sites (tertiary alicyclic amines) is 1. The molecule has 0 aliphatic carbocycles. The van der Waals surface area contributed by atoms with E-state index in [4.69, 9.17) is 9.47 Å². The number of amides is 3. The molecule has 0 unspecified atom stereocenters. The van der Waals surface area contributed by atoms with Gasteiger partial charge >= 0.3 is 6.03 Å². The highest BCUT2D eigenvalue weighted by molar-refractivity contribution is 5.95. The van der Waals surface area contributed by atoms with Gasteiger partial charge in [0, 0.05) is 12.6 Å². The first-order chi connectivity index (χ1) is 13.9. The van der Waals surface area contributed by atoms with Crippen LogP contribution in [0, 0.1) is 11.8 Å². The Morgan fingerprint density at radius 1 is 1.10 bits per heavy atom. The molecule has 1 aliphatic heterocycles. The van der Waals surface area contributed by atoms with Gasteiger partial charge in [0.25, 0.3) is 0 Å². The Morgan fingerprint density at radius 3 is 2.28 bits per heavy atom. The number of benzene rings is 1. The minimum absolute atomic E-state index is 0.242. The molecule has 0 spiro atoms. The summed E-state index contributed by atoms with van der Waals surface area (Å²) < 4.78 is 10.7. The quantitative estimate of drug-likeness (QED) is 0.660. The number of nitrogens with zero attached hydrogens (tertiary/aromatic N) is 1. The fourth-order valence-corrected chi connectivity index (χ4v) is 3.52.